The molecule has 0 atom stereocenters. The fourth-order valence-corrected chi connectivity index (χ4v) is 6.49. The van der Waals surface area contributed by atoms with Crippen LogP contribution in [0, 0.1) is 6.92 Å². The number of sulfonamides is 1. The van der Waals surface area contributed by atoms with Gasteiger partial charge >= 0.3 is 0 Å². The van der Waals surface area contributed by atoms with Crippen LogP contribution in [0.4, 0.5) is 11.4 Å². The third kappa shape index (κ3) is 4.84. The van der Waals surface area contributed by atoms with Crippen LogP contribution in [-0.2, 0) is 14.8 Å². The Morgan fingerprint density at radius 1 is 0.947 bits per heavy atom. The molecule has 1 saturated heterocycles. The molecule has 198 valence electrons. The van der Waals surface area contributed by atoms with Crippen molar-refractivity contribution in [2.24, 2.45) is 0 Å². The van der Waals surface area contributed by atoms with Gasteiger partial charge in [-0.15, -0.1) is 0 Å². The van der Waals surface area contributed by atoms with Gasteiger partial charge in [-0.1, -0.05) is 42.5 Å². The Labute approximate surface area is 222 Å². The van der Waals surface area contributed by atoms with E-state index in [0.29, 0.717) is 43.1 Å². The highest BCUT2D eigenvalue weighted by molar-refractivity contribution is 7.89. The number of para-hydroxylation sites is 2. The minimum Gasteiger partial charge on any atom is -0.495 e. The van der Waals surface area contributed by atoms with Crippen molar-refractivity contribution < 1.29 is 27.5 Å². The molecular weight excluding hydrogens is 506 g/mol. The highest BCUT2D eigenvalue weighted by Gasteiger charge is 2.34. The number of ether oxygens (including phenoxy) is 2. The standard InChI is InChI=1S/C28H29N3O6S/c1-20-16-26-23(31(28(33)19-37-26)18-24(32)21-8-4-3-5-9-21)17-27(20)38(34,35)30-14-12-29(13-15-30)22-10-6-7-11-25(22)36-2/h3-11,16-17H,12-15,18-19H2,1-2H3. The second kappa shape index (κ2) is 10.5. The van der Waals surface area contributed by atoms with Gasteiger partial charge in [0.25, 0.3) is 5.91 Å². The SMILES string of the molecule is COc1ccccc1N1CCN(S(=O)(=O)c2cc3c(cc2C)OCC(=O)N3CC(=O)c2ccccc2)CC1. The molecule has 0 unspecified atom stereocenters. The number of benzene rings is 3. The summed E-state index contributed by atoms with van der Waals surface area (Å²) >= 11 is 0. The molecule has 10 heteroatoms. The number of carbonyl (C=O) groups excluding carboxylic acids is 2. The first-order chi connectivity index (χ1) is 18.3. The third-order valence-electron chi connectivity index (χ3n) is 6.88. The normalized spacial score (nSPS) is 16.1. The topological polar surface area (TPSA) is 96.5 Å². The van der Waals surface area contributed by atoms with E-state index in [-0.39, 0.29) is 29.5 Å². The third-order valence-corrected chi connectivity index (χ3v) is 8.92. The molecule has 3 aromatic carbocycles. The van der Waals surface area contributed by atoms with Gasteiger partial charge in [-0.3, -0.25) is 14.5 Å². The van der Waals surface area contributed by atoms with E-state index in [0.717, 1.165) is 11.4 Å². The molecule has 0 spiro atoms. The van der Waals surface area contributed by atoms with Gasteiger partial charge in [-0.2, -0.15) is 4.31 Å². The van der Waals surface area contributed by atoms with Gasteiger partial charge in [0, 0.05) is 31.7 Å². The summed E-state index contributed by atoms with van der Waals surface area (Å²) < 4.78 is 40.1. The molecule has 2 heterocycles. The van der Waals surface area contributed by atoms with Gasteiger partial charge in [0.1, 0.15) is 11.5 Å². The zero-order chi connectivity index (χ0) is 26.9. The number of amides is 1. The zero-order valence-electron chi connectivity index (χ0n) is 21.3. The number of hydrogen-bond acceptors (Lipinski definition) is 7. The summed E-state index contributed by atoms with van der Waals surface area (Å²) in [6.45, 7) is 2.87. The number of methoxy groups -OCH3 is 1. The molecule has 0 N–H and O–H groups in total. The molecule has 0 aromatic heterocycles. The van der Waals surface area contributed by atoms with Crippen LogP contribution in [0.3, 0.4) is 0 Å². The van der Waals surface area contributed by atoms with Crippen molar-refractivity contribution in [1.29, 1.82) is 0 Å². The highest BCUT2D eigenvalue weighted by Crippen LogP contribution is 2.38. The molecule has 2 aliphatic heterocycles. The lowest BCUT2D eigenvalue weighted by atomic mass is 10.1. The molecule has 1 amide bonds. The predicted octanol–water partition coefficient (Wildman–Crippen LogP) is 3.12. The number of nitrogens with zero attached hydrogens (tertiary/aromatic N) is 3. The number of fused-ring (bicyclic) bond motifs is 1. The van der Waals surface area contributed by atoms with Crippen molar-refractivity contribution in [3.05, 3.63) is 77.9 Å². The van der Waals surface area contributed by atoms with Gasteiger partial charge in [-0.05, 0) is 36.8 Å². The average molecular weight is 536 g/mol. The number of ketones is 1. The van der Waals surface area contributed by atoms with E-state index in [1.165, 1.54) is 15.3 Å². The molecule has 5 rings (SSSR count). The summed E-state index contributed by atoms with van der Waals surface area (Å²) in [6, 6.07) is 19.4. The largest absolute Gasteiger partial charge is 0.495 e. The Hall–Kier alpha value is -3.89. The summed E-state index contributed by atoms with van der Waals surface area (Å²) in [5.41, 5.74) is 2.19. The monoisotopic (exact) mass is 535 g/mol. The first kappa shape index (κ1) is 25.7. The fraction of sp³-hybridized carbons (Fsp3) is 0.286. The lowest BCUT2D eigenvalue weighted by Crippen LogP contribution is -2.49. The molecule has 0 radical (unpaired) electrons. The molecule has 1 fully saturated rings. The maximum atomic E-state index is 13.8. The summed E-state index contributed by atoms with van der Waals surface area (Å²) in [4.78, 5) is 29.2. The Morgan fingerprint density at radius 2 is 1.63 bits per heavy atom. The fourth-order valence-electron chi connectivity index (χ4n) is 4.84. The van der Waals surface area contributed by atoms with Crippen LogP contribution < -0.4 is 19.3 Å². The minimum absolute atomic E-state index is 0.0949. The van der Waals surface area contributed by atoms with Gasteiger partial charge in [0.05, 0.1) is 29.9 Å². The van der Waals surface area contributed by atoms with Crippen molar-refractivity contribution in [2.75, 3.05) is 56.2 Å². The first-order valence-electron chi connectivity index (χ1n) is 12.3. The number of piperazine rings is 1. The maximum absolute atomic E-state index is 13.8. The van der Waals surface area contributed by atoms with E-state index < -0.39 is 15.9 Å². The minimum atomic E-state index is -3.87. The van der Waals surface area contributed by atoms with Crippen molar-refractivity contribution in [3.8, 4) is 11.5 Å². The van der Waals surface area contributed by atoms with Crippen LogP contribution in [0.5, 0.6) is 11.5 Å². The average Bonchev–Trinajstić information content (AvgIpc) is 2.94. The van der Waals surface area contributed by atoms with Crippen LogP contribution in [0.15, 0.2) is 71.6 Å². The van der Waals surface area contributed by atoms with E-state index >= 15 is 0 Å². The molecule has 0 aliphatic carbocycles. The molecule has 0 bridgehead atoms. The van der Waals surface area contributed by atoms with Gasteiger partial charge in [0.2, 0.25) is 10.0 Å². The highest BCUT2D eigenvalue weighted by atomic mass is 32.2. The Kier molecular flexibility index (Phi) is 7.09. The number of Topliss-reactive ketones (excluding diaryl/α,β-unsaturated/α-hetero) is 1. The van der Waals surface area contributed by atoms with Crippen LogP contribution in [0.2, 0.25) is 0 Å². The van der Waals surface area contributed by atoms with Crippen molar-refractivity contribution >= 4 is 33.1 Å². The smallest absolute Gasteiger partial charge is 0.265 e. The number of anilines is 2. The maximum Gasteiger partial charge on any atom is 0.265 e. The summed E-state index contributed by atoms with van der Waals surface area (Å²) in [6.07, 6.45) is 0. The first-order valence-corrected chi connectivity index (χ1v) is 13.8. The van der Waals surface area contributed by atoms with E-state index in [4.69, 9.17) is 9.47 Å². The Balaban J connectivity index is 1.40. The van der Waals surface area contributed by atoms with Crippen molar-refractivity contribution in [2.45, 2.75) is 11.8 Å². The molecule has 38 heavy (non-hydrogen) atoms. The summed E-state index contributed by atoms with van der Waals surface area (Å²) in [5, 5.41) is 0. The van der Waals surface area contributed by atoms with Crippen LogP contribution in [0.25, 0.3) is 0 Å². The molecular formula is C28H29N3O6S. The second-order valence-corrected chi connectivity index (χ2v) is 11.1. The molecule has 2 aliphatic rings. The Morgan fingerprint density at radius 3 is 2.34 bits per heavy atom. The van der Waals surface area contributed by atoms with E-state index in [2.05, 4.69) is 4.90 Å². The van der Waals surface area contributed by atoms with Gasteiger partial charge in [0.15, 0.2) is 12.4 Å². The second-order valence-electron chi connectivity index (χ2n) is 9.21. The zero-order valence-corrected chi connectivity index (χ0v) is 22.1. The van der Waals surface area contributed by atoms with Crippen molar-refractivity contribution in [3.63, 3.8) is 0 Å². The lowest BCUT2D eigenvalue weighted by Gasteiger charge is -2.36. The molecule has 9 nitrogen and oxygen atoms in total. The van der Waals surface area contributed by atoms with E-state index in [9.17, 15) is 18.0 Å². The summed E-state index contributed by atoms with van der Waals surface area (Å²) in [5.74, 6) is 0.468. The molecule has 0 saturated carbocycles. The van der Waals surface area contributed by atoms with Crippen LogP contribution >= 0.6 is 0 Å². The Bertz CT molecular complexity index is 1470. The van der Waals surface area contributed by atoms with Crippen LogP contribution in [0.1, 0.15) is 15.9 Å². The van der Waals surface area contributed by atoms with Gasteiger partial charge < -0.3 is 14.4 Å². The van der Waals surface area contributed by atoms with Crippen LogP contribution in [-0.4, -0.2) is 70.9 Å². The lowest BCUT2D eigenvalue weighted by molar-refractivity contribution is -0.121. The summed E-state index contributed by atoms with van der Waals surface area (Å²) in [7, 11) is -2.26. The van der Waals surface area contributed by atoms with E-state index in [1.807, 2.05) is 30.3 Å². The number of rotatable bonds is 7. The van der Waals surface area contributed by atoms with Crippen molar-refractivity contribution in [1.82, 2.24) is 4.31 Å². The number of hydrogen-bond donors (Lipinski definition) is 0. The predicted molar refractivity (Wildman–Crippen MR) is 144 cm³/mol. The number of aryl methyl sites for hydroxylation is 1. The quantitative estimate of drug-likeness (QED) is 0.429. The van der Waals surface area contributed by atoms with E-state index in [1.54, 1.807) is 44.4 Å². The molecule has 3 aromatic rings. The number of carbonyl (C=O) groups is 2. The van der Waals surface area contributed by atoms with Gasteiger partial charge in [-0.25, -0.2) is 8.42 Å².